The zero-order valence-corrected chi connectivity index (χ0v) is 6.75. The van der Waals surface area contributed by atoms with Gasteiger partial charge in [0, 0.05) is 5.92 Å². The molecule has 2 nitrogen and oxygen atoms in total. The fourth-order valence-corrected chi connectivity index (χ4v) is 3.33. The first-order chi connectivity index (χ1) is 5.27. The Labute approximate surface area is 69.9 Å². The van der Waals surface area contributed by atoms with Crippen molar-refractivity contribution < 1.29 is 9.53 Å². The van der Waals surface area contributed by atoms with E-state index in [9.17, 15) is 4.79 Å². The van der Waals surface area contributed by atoms with Crippen LogP contribution >= 0.6 is 11.6 Å². The summed E-state index contributed by atoms with van der Waals surface area (Å²) in [7, 11) is 0. The summed E-state index contributed by atoms with van der Waals surface area (Å²) >= 11 is 6.09. The summed E-state index contributed by atoms with van der Waals surface area (Å²) in [5, 5.41) is 0.114. The van der Waals surface area contributed by atoms with E-state index >= 15 is 0 Å². The number of carbonyl (C=O) groups is 1. The average Bonchev–Trinajstić information content (AvgIpc) is 2.53. The first-order valence-corrected chi connectivity index (χ1v) is 4.55. The fourth-order valence-electron chi connectivity index (χ4n) is 2.88. The monoisotopic (exact) mass is 172 g/mol. The quantitative estimate of drug-likeness (QED) is 0.405. The zero-order chi connectivity index (χ0) is 7.59. The molecular weight excluding hydrogens is 164 g/mol. The van der Waals surface area contributed by atoms with Crippen LogP contribution < -0.4 is 0 Å². The summed E-state index contributed by atoms with van der Waals surface area (Å²) < 4.78 is 5.18. The van der Waals surface area contributed by atoms with Gasteiger partial charge in [-0.15, -0.1) is 11.6 Å². The van der Waals surface area contributed by atoms with E-state index in [4.69, 9.17) is 16.3 Å². The highest BCUT2D eigenvalue weighted by molar-refractivity contribution is 6.21. The van der Waals surface area contributed by atoms with Crippen LogP contribution in [0.4, 0.5) is 0 Å². The first-order valence-electron chi connectivity index (χ1n) is 4.12. The molecule has 1 aliphatic heterocycles. The Morgan fingerprint density at radius 1 is 1.45 bits per heavy atom. The SMILES string of the molecule is O=C1O[C@@H]2[C@@H](Cl)[C@H]3C[C@H]2[C@@H]1C3. The van der Waals surface area contributed by atoms with Crippen LogP contribution in [-0.2, 0) is 9.53 Å². The van der Waals surface area contributed by atoms with Gasteiger partial charge in [0.05, 0.1) is 11.3 Å². The molecule has 0 spiro atoms. The highest BCUT2D eigenvalue weighted by atomic mass is 35.5. The predicted octanol–water partition coefficient (Wildman–Crippen LogP) is 1.18. The van der Waals surface area contributed by atoms with Gasteiger partial charge in [-0.25, -0.2) is 0 Å². The van der Waals surface area contributed by atoms with E-state index in [0.717, 1.165) is 12.8 Å². The van der Waals surface area contributed by atoms with E-state index in [1.54, 1.807) is 0 Å². The Morgan fingerprint density at radius 2 is 2.27 bits per heavy atom. The van der Waals surface area contributed by atoms with Gasteiger partial charge in [-0.05, 0) is 18.8 Å². The molecule has 3 aliphatic rings. The topological polar surface area (TPSA) is 26.3 Å². The van der Waals surface area contributed by atoms with Crippen molar-refractivity contribution >= 4 is 17.6 Å². The van der Waals surface area contributed by atoms with Gasteiger partial charge >= 0.3 is 5.97 Å². The zero-order valence-electron chi connectivity index (χ0n) is 6.00. The fraction of sp³-hybridized carbons (Fsp3) is 0.875. The number of carbonyl (C=O) groups excluding carboxylic acids is 1. The van der Waals surface area contributed by atoms with E-state index in [1.165, 1.54) is 0 Å². The summed E-state index contributed by atoms with van der Waals surface area (Å²) in [4.78, 5) is 11.2. The van der Waals surface area contributed by atoms with Crippen LogP contribution in [0.3, 0.4) is 0 Å². The summed E-state index contributed by atoms with van der Waals surface area (Å²) in [6.07, 6.45) is 2.16. The van der Waals surface area contributed by atoms with Crippen LogP contribution in [0.1, 0.15) is 12.8 Å². The minimum Gasteiger partial charge on any atom is -0.460 e. The molecule has 5 atom stereocenters. The molecule has 3 fully saturated rings. The lowest BCUT2D eigenvalue weighted by atomic mass is 9.90. The molecule has 1 saturated heterocycles. The molecule has 0 aromatic carbocycles. The molecule has 11 heavy (non-hydrogen) atoms. The summed E-state index contributed by atoms with van der Waals surface area (Å²) in [5.41, 5.74) is 0. The third-order valence-electron chi connectivity index (χ3n) is 3.39. The minimum atomic E-state index is 0.00523. The number of halogens is 1. The number of alkyl halides is 1. The standard InChI is InChI=1S/C8H9ClO2/c9-6-3-1-4-5(2-3)8(10)11-7(4)6/h3-7H,1-2H2/t3-,4-,5-,6-,7-/m0/s1. The molecular formula is C8H9ClO2. The molecule has 2 bridgehead atoms. The van der Waals surface area contributed by atoms with Gasteiger partial charge in [-0.3, -0.25) is 4.79 Å². The number of hydrogen-bond acceptors (Lipinski definition) is 2. The van der Waals surface area contributed by atoms with Crippen molar-refractivity contribution in [3.8, 4) is 0 Å². The lowest BCUT2D eigenvalue weighted by Crippen LogP contribution is -2.26. The second-order valence-corrected chi connectivity index (χ2v) is 4.35. The molecule has 0 radical (unpaired) electrons. The third-order valence-corrected chi connectivity index (χ3v) is 3.99. The Hall–Kier alpha value is -0.240. The highest BCUT2D eigenvalue weighted by Gasteiger charge is 2.61. The predicted molar refractivity (Wildman–Crippen MR) is 39.2 cm³/mol. The van der Waals surface area contributed by atoms with Gasteiger partial charge in [0.25, 0.3) is 0 Å². The third kappa shape index (κ3) is 0.583. The van der Waals surface area contributed by atoms with Crippen molar-refractivity contribution in [2.75, 3.05) is 0 Å². The van der Waals surface area contributed by atoms with Gasteiger partial charge in [0.2, 0.25) is 0 Å². The molecule has 1 heterocycles. The van der Waals surface area contributed by atoms with Crippen LogP contribution in [0.2, 0.25) is 0 Å². The Kier molecular flexibility index (Phi) is 0.995. The van der Waals surface area contributed by atoms with Crippen molar-refractivity contribution in [1.29, 1.82) is 0 Å². The Morgan fingerprint density at radius 3 is 2.91 bits per heavy atom. The van der Waals surface area contributed by atoms with Crippen LogP contribution in [0, 0.1) is 17.8 Å². The number of rotatable bonds is 0. The summed E-state index contributed by atoms with van der Waals surface area (Å²) in [6.45, 7) is 0. The number of esters is 1. The van der Waals surface area contributed by atoms with Gasteiger partial charge < -0.3 is 4.74 Å². The van der Waals surface area contributed by atoms with Crippen LogP contribution in [0.5, 0.6) is 0 Å². The second kappa shape index (κ2) is 1.74. The Bertz CT molecular complexity index is 228. The van der Waals surface area contributed by atoms with Gasteiger partial charge in [0.1, 0.15) is 6.10 Å². The van der Waals surface area contributed by atoms with Gasteiger partial charge in [-0.1, -0.05) is 0 Å². The first kappa shape index (κ1) is 6.30. The largest absolute Gasteiger partial charge is 0.460 e. The van der Waals surface area contributed by atoms with Crippen molar-refractivity contribution in [2.24, 2.45) is 17.8 Å². The minimum absolute atomic E-state index is 0.00523. The molecule has 60 valence electrons. The lowest BCUT2D eigenvalue weighted by Gasteiger charge is -2.18. The maximum Gasteiger partial charge on any atom is 0.309 e. The molecule has 0 unspecified atom stereocenters. The van der Waals surface area contributed by atoms with E-state index in [1.807, 2.05) is 0 Å². The summed E-state index contributed by atoms with van der Waals surface area (Å²) in [6, 6.07) is 0. The van der Waals surface area contributed by atoms with E-state index in [-0.39, 0.29) is 23.4 Å². The summed E-state index contributed by atoms with van der Waals surface area (Å²) in [5.74, 6) is 1.24. The van der Waals surface area contributed by atoms with Crippen molar-refractivity contribution in [1.82, 2.24) is 0 Å². The number of ether oxygens (including phenoxy) is 1. The molecule has 0 amide bonds. The van der Waals surface area contributed by atoms with E-state index in [2.05, 4.69) is 0 Å². The lowest BCUT2D eigenvalue weighted by molar-refractivity contribution is -0.143. The Balaban J connectivity index is 2.04. The molecule has 0 N–H and O–H groups in total. The molecule has 3 heteroatoms. The van der Waals surface area contributed by atoms with E-state index in [0.29, 0.717) is 11.8 Å². The van der Waals surface area contributed by atoms with Crippen molar-refractivity contribution in [2.45, 2.75) is 24.3 Å². The maximum atomic E-state index is 11.2. The number of fused-ring (bicyclic) bond motifs is 1. The van der Waals surface area contributed by atoms with Crippen LogP contribution in [-0.4, -0.2) is 17.5 Å². The average molecular weight is 173 g/mol. The number of hydrogen-bond donors (Lipinski definition) is 0. The molecule has 0 aromatic heterocycles. The molecule has 0 aromatic rings. The van der Waals surface area contributed by atoms with Gasteiger partial charge in [-0.2, -0.15) is 0 Å². The van der Waals surface area contributed by atoms with Gasteiger partial charge in [0.15, 0.2) is 0 Å². The highest BCUT2D eigenvalue weighted by Crippen LogP contribution is 2.56. The van der Waals surface area contributed by atoms with Crippen LogP contribution in [0.15, 0.2) is 0 Å². The second-order valence-electron chi connectivity index (χ2n) is 3.85. The van der Waals surface area contributed by atoms with Crippen LogP contribution in [0.25, 0.3) is 0 Å². The smallest absolute Gasteiger partial charge is 0.309 e. The molecule has 2 saturated carbocycles. The molecule has 3 rings (SSSR count). The normalized spacial score (nSPS) is 58.6. The maximum absolute atomic E-state index is 11.2. The van der Waals surface area contributed by atoms with Crippen molar-refractivity contribution in [3.63, 3.8) is 0 Å². The molecule has 2 aliphatic carbocycles. The van der Waals surface area contributed by atoms with E-state index < -0.39 is 0 Å². The van der Waals surface area contributed by atoms with Crippen molar-refractivity contribution in [3.05, 3.63) is 0 Å².